The normalized spacial score (nSPS) is 10.9. The lowest BCUT2D eigenvalue weighted by Crippen LogP contribution is -2.31. The Hall–Kier alpha value is -1.40. The van der Waals surface area contributed by atoms with Crippen LogP contribution in [0.4, 0.5) is 0 Å². The quantitative estimate of drug-likeness (QED) is 0.680. The first kappa shape index (κ1) is 14.7. The van der Waals surface area contributed by atoms with Crippen molar-refractivity contribution < 1.29 is 14.2 Å². The maximum Gasteiger partial charge on any atom is 0.299 e. The number of nitrogens with zero attached hydrogens (tertiary/aromatic N) is 2. The Bertz CT molecular complexity index is 425. The lowest BCUT2D eigenvalue weighted by atomic mass is 10.4. The molecule has 0 radical (unpaired) electrons. The molecule has 0 aliphatic rings. The van der Waals surface area contributed by atoms with Gasteiger partial charge in [0.1, 0.15) is 0 Å². The van der Waals surface area contributed by atoms with Crippen LogP contribution in [0.3, 0.4) is 0 Å². The summed E-state index contributed by atoms with van der Waals surface area (Å²) < 4.78 is 17.3. The summed E-state index contributed by atoms with van der Waals surface area (Å²) in [5.41, 5.74) is 0.446. The molecule has 6 heteroatoms. The third-order valence-corrected chi connectivity index (χ3v) is 2.32. The highest BCUT2D eigenvalue weighted by molar-refractivity contribution is 5.06. The molecule has 102 valence electrons. The summed E-state index contributed by atoms with van der Waals surface area (Å²) in [6, 6.07) is 1.72. The molecule has 0 saturated heterocycles. The predicted octanol–water partition coefficient (Wildman–Crippen LogP) is 0.959. The minimum atomic E-state index is -0.476. The second-order valence-electron chi connectivity index (χ2n) is 3.67. The van der Waals surface area contributed by atoms with Crippen LogP contribution in [0.5, 0.6) is 6.01 Å². The molecule has 6 nitrogen and oxygen atoms in total. The highest BCUT2D eigenvalue weighted by Crippen LogP contribution is 2.07. The second-order valence-corrected chi connectivity index (χ2v) is 3.67. The van der Waals surface area contributed by atoms with E-state index in [0.717, 1.165) is 0 Å². The van der Waals surface area contributed by atoms with Crippen molar-refractivity contribution >= 4 is 0 Å². The molecule has 1 heterocycles. The second kappa shape index (κ2) is 7.13. The average Bonchev–Trinajstić information content (AvgIpc) is 2.32. The van der Waals surface area contributed by atoms with Gasteiger partial charge in [-0.25, -0.2) is 4.98 Å². The molecule has 1 aromatic rings. The third-order valence-electron chi connectivity index (χ3n) is 2.32. The minimum Gasteiger partial charge on any atom is -0.468 e. The van der Waals surface area contributed by atoms with Crippen molar-refractivity contribution in [1.82, 2.24) is 9.55 Å². The van der Waals surface area contributed by atoms with E-state index in [1.807, 2.05) is 13.8 Å². The fourth-order valence-electron chi connectivity index (χ4n) is 1.59. The molecular formula is C12H20N2O4. The summed E-state index contributed by atoms with van der Waals surface area (Å²) in [5, 5.41) is 0. The first-order chi connectivity index (χ1) is 8.62. The highest BCUT2D eigenvalue weighted by atomic mass is 16.7. The van der Waals surface area contributed by atoms with Crippen LogP contribution in [-0.4, -0.2) is 36.2 Å². The summed E-state index contributed by atoms with van der Waals surface area (Å²) >= 11 is 0. The first-order valence-corrected chi connectivity index (χ1v) is 5.98. The van der Waals surface area contributed by atoms with E-state index in [2.05, 4.69) is 4.98 Å². The first-order valence-electron chi connectivity index (χ1n) is 5.98. The van der Waals surface area contributed by atoms with Gasteiger partial charge < -0.3 is 14.2 Å². The van der Waals surface area contributed by atoms with Gasteiger partial charge in [-0.15, -0.1) is 0 Å². The Kier molecular flexibility index (Phi) is 5.80. The Labute approximate surface area is 107 Å². The maximum atomic E-state index is 11.9. The van der Waals surface area contributed by atoms with Gasteiger partial charge in [-0.1, -0.05) is 0 Å². The van der Waals surface area contributed by atoms with Crippen molar-refractivity contribution in [2.75, 3.05) is 20.3 Å². The number of hydrogen-bond donors (Lipinski definition) is 0. The minimum absolute atomic E-state index is 0.177. The molecule has 0 saturated carbocycles. The Morgan fingerprint density at radius 1 is 1.33 bits per heavy atom. The van der Waals surface area contributed by atoms with Gasteiger partial charge >= 0.3 is 0 Å². The van der Waals surface area contributed by atoms with E-state index in [0.29, 0.717) is 18.9 Å². The number of aryl methyl sites for hydroxylation is 1. The van der Waals surface area contributed by atoms with Gasteiger partial charge in [0, 0.05) is 25.0 Å². The van der Waals surface area contributed by atoms with E-state index in [-0.39, 0.29) is 18.1 Å². The van der Waals surface area contributed by atoms with Crippen LogP contribution in [0.2, 0.25) is 0 Å². The van der Waals surface area contributed by atoms with E-state index in [1.54, 1.807) is 6.92 Å². The lowest BCUT2D eigenvalue weighted by Gasteiger charge is -2.19. The average molecular weight is 256 g/mol. The Morgan fingerprint density at radius 3 is 2.44 bits per heavy atom. The summed E-state index contributed by atoms with van der Waals surface area (Å²) in [6.45, 7) is 6.79. The number of rotatable bonds is 7. The summed E-state index contributed by atoms with van der Waals surface area (Å²) in [7, 11) is 1.48. The zero-order valence-corrected chi connectivity index (χ0v) is 11.3. The smallest absolute Gasteiger partial charge is 0.299 e. The molecule has 0 aromatic carbocycles. The molecule has 0 amide bonds. The SMILES string of the molecule is CCOC(Cn1c(OC)nc(C)cc1=O)OCC. The van der Waals surface area contributed by atoms with Crippen LogP contribution >= 0.6 is 0 Å². The van der Waals surface area contributed by atoms with Crippen molar-refractivity contribution in [3.05, 3.63) is 22.1 Å². The van der Waals surface area contributed by atoms with Crippen LogP contribution in [0, 0.1) is 6.92 Å². The molecule has 0 atom stereocenters. The summed E-state index contributed by atoms with van der Waals surface area (Å²) in [4.78, 5) is 16.1. The topological polar surface area (TPSA) is 62.6 Å². The number of ether oxygens (including phenoxy) is 3. The summed E-state index contributed by atoms with van der Waals surface area (Å²) in [5.74, 6) is 0. The van der Waals surface area contributed by atoms with E-state index in [9.17, 15) is 4.79 Å². The summed E-state index contributed by atoms with van der Waals surface area (Å²) in [6.07, 6.45) is -0.476. The van der Waals surface area contributed by atoms with Crippen molar-refractivity contribution in [3.63, 3.8) is 0 Å². The lowest BCUT2D eigenvalue weighted by molar-refractivity contribution is -0.144. The molecule has 0 aliphatic carbocycles. The van der Waals surface area contributed by atoms with Gasteiger partial charge in [-0.3, -0.25) is 9.36 Å². The fourth-order valence-corrected chi connectivity index (χ4v) is 1.59. The van der Waals surface area contributed by atoms with E-state index < -0.39 is 6.29 Å². The molecule has 0 unspecified atom stereocenters. The zero-order chi connectivity index (χ0) is 13.5. The zero-order valence-electron chi connectivity index (χ0n) is 11.3. The van der Waals surface area contributed by atoms with Crippen LogP contribution in [0.15, 0.2) is 10.9 Å². The van der Waals surface area contributed by atoms with Crippen molar-refractivity contribution in [2.45, 2.75) is 33.6 Å². The van der Waals surface area contributed by atoms with Gasteiger partial charge in [0.25, 0.3) is 11.6 Å². The van der Waals surface area contributed by atoms with Crippen LogP contribution in [0.25, 0.3) is 0 Å². The number of aromatic nitrogens is 2. The molecule has 0 spiro atoms. The molecule has 0 bridgehead atoms. The predicted molar refractivity (Wildman–Crippen MR) is 66.8 cm³/mol. The molecule has 1 rings (SSSR count). The maximum absolute atomic E-state index is 11.9. The molecule has 1 aromatic heterocycles. The van der Waals surface area contributed by atoms with E-state index >= 15 is 0 Å². The molecule has 0 N–H and O–H groups in total. The standard InChI is InChI=1S/C12H20N2O4/c1-5-17-11(18-6-2)8-14-10(15)7-9(3)13-12(14)16-4/h7,11H,5-6,8H2,1-4H3. The molecule has 0 fully saturated rings. The molecular weight excluding hydrogens is 236 g/mol. The monoisotopic (exact) mass is 256 g/mol. The van der Waals surface area contributed by atoms with Gasteiger partial charge in [0.05, 0.1) is 13.7 Å². The van der Waals surface area contributed by atoms with Crippen LogP contribution in [-0.2, 0) is 16.0 Å². The molecule has 18 heavy (non-hydrogen) atoms. The number of hydrogen-bond acceptors (Lipinski definition) is 5. The van der Waals surface area contributed by atoms with Crippen molar-refractivity contribution in [1.29, 1.82) is 0 Å². The third kappa shape index (κ3) is 3.82. The van der Waals surface area contributed by atoms with Crippen molar-refractivity contribution in [3.8, 4) is 6.01 Å². The Morgan fingerprint density at radius 2 is 1.94 bits per heavy atom. The van der Waals surface area contributed by atoms with Gasteiger partial charge in [0.15, 0.2) is 6.29 Å². The molecule has 0 aliphatic heterocycles. The van der Waals surface area contributed by atoms with Gasteiger partial charge in [0.2, 0.25) is 0 Å². The van der Waals surface area contributed by atoms with E-state index in [4.69, 9.17) is 14.2 Å². The highest BCUT2D eigenvalue weighted by Gasteiger charge is 2.14. The largest absolute Gasteiger partial charge is 0.468 e. The Balaban J connectivity index is 2.97. The van der Waals surface area contributed by atoms with Crippen LogP contribution in [0.1, 0.15) is 19.5 Å². The van der Waals surface area contributed by atoms with Gasteiger partial charge in [-0.05, 0) is 20.8 Å². The van der Waals surface area contributed by atoms with E-state index in [1.165, 1.54) is 17.7 Å². The van der Waals surface area contributed by atoms with Gasteiger partial charge in [-0.2, -0.15) is 0 Å². The fraction of sp³-hybridized carbons (Fsp3) is 0.667. The van der Waals surface area contributed by atoms with Crippen LogP contribution < -0.4 is 10.3 Å². The number of methoxy groups -OCH3 is 1. The van der Waals surface area contributed by atoms with Crippen molar-refractivity contribution in [2.24, 2.45) is 0 Å².